The zero-order valence-electron chi connectivity index (χ0n) is 22.5. The van der Waals surface area contributed by atoms with Crippen molar-refractivity contribution in [3.05, 3.63) is 36.0 Å². The minimum atomic E-state index is -1.71. The molecule has 0 aliphatic rings. The second kappa shape index (κ2) is 15.2. The van der Waals surface area contributed by atoms with Gasteiger partial charge in [0.25, 0.3) is 0 Å². The van der Waals surface area contributed by atoms with Crippen LogP contribution < -0.4 is 38.9 Å². The summed E-state index contributed by atoms with van der Waals surface area (Å²) >= 11 is 0. The van der Waals surface area contributed by atoms with Crippen molar-refractivity contribution < 1.29 is 34.2 Å². The second-order valence-electron chi connectivity index (χ2n) is 9.48. The first-order valence-corrected chi connectivity index (χ1v) is 12.8. The molecule has 2 aromatic rings. The van der Waals surface area contributed by atoms with Crippen LogP contribution in [0.4, 0.5) is 0 Å². The maximum Gasteiger partial charge on any atom is 0.328 e. The fraction of sp³-hybridized carbons (Fsp3) is 0.440. The van der Waals surface area contributed by atoms with Gasteiger partial charge in [-0.25, -0.2) is 4.79 Å². The number of nitrogens with zero attached hydrogens (tertiary/aromatic N) is 1. The van der Waals surface area contributed by atoms with E-state index in [1.54, 1.807) is 12.3 Å². The second-order valence-corrected chi connectivity index (χ2v) is 9.48. The van der Waals surface area contributed by atoms with Gasteiger partial charge in [0.05, 0.1) is 18.6 Å². The summed E-state index contributed by atoms with van der Waals surface area (Å²) in [4.78, 5) is 69.1. The Labute approximate surface area is 235 Å². The van der Waals surface area contributed by atoms with Crippen LogP contribution in [0.25, 0.3) is 10.9 Å². The Morgan fingerprint density at radius 3 is 2.22 bits per heavy atom. The lowest BCUT2D eigenvalue weighted by molar-refractivity contribution is -0.145. The van der Waals surface area contributed by atoms with E-state index in [1.807, 2.05) is 18.2 Å². The fourth-order valence-corrected chi connectivity index (χ4v) is 3.98. The number of carboxylic acid groups (broad SMARTS) is 1. The number of para-hydroxylation sites is 1. The van der Waals surface area contributed by atoms with Crippen molar-refractivity contribution in [1.82, 2.24) is 20.9 Å². The molecule has 5 unspecified atom stereocenters. The summed E-state index contributed by atoms with van der Waals surface area (Å²) in [5.41, 5.74) is 23.3. The number of aromatic nitrogens is 1. The Balaban J connectivity index is 2.27. The molecule has 0 fully saturated rings. The molecule has 16 heteroatoms. The lowest BCUT2D eigenvalue weighted by Crippen LogP contribution is -2.59. The number of aliphatic hydroxyl groups is 1. The molecule has 0 radical (unpaired) electrons. The molecule has 2 rings (SSSR count). The van der Waals surface area contributed by atoms with Gasteiger partial charge in [-0.05, 0) is 31.4 Å². The molecule has 14 N–H and O–H groups in total. The predicted molar refractivity (Wildman–Crippen MR) is 149 cm³/mol. The van der Waals surface area contributed by atoms with Crippen LogP contribution in [-0.2, 0) is 30.4 Å². The molecule has 224 valence electrons. The van der Waals surface area contributed by atoms with Gasteiger partial charge in [-0.15, -0.1) is 0 Å². The molecule has 5 atom stereocenters. The van der Waals surface area contributed by atoms with Gasteiger partial charge in [0.2, 0.25) is 23.6 Å². The van der Waals surface area contributed by atoms with Crippen LogP contribution in [0.2, 0.25) is 0 Å². The van der Waals surface area contributed by atoms with Crippen LogP contribution >= 0.6 is 0 Å². The third-order valence-corrected chi connectivity index (χ3v) is 6.12. The third kappa shape index (κ3) is 10.1. The molecule has 1 aromatic heterocycles. The van der Waals surface area contributed by atoms with Crippen LogP contribution in [-0.4, -0.2) is 87.6 Å². The molecule has 0 spiro atoms. The molecule has 0 saturated carbocycles. The molecule has 0 aliphatic heterocycles. The number of guanidine groups is 1. The highest BCUT2D eigenvalue weighted by molar-refractivity contribution is 5.96. The molecule has 16 nitrogen and oxygen atoms in total. The number of carboxylic acids is 1. The number of fused-ring (bicyclic) bond motifs is 1. The molecule has 0 aliphatic carbocycles. The van der Waals surface area contributed by atoms with Crippen molar-refractivity contribution in [2.45, 2.75) is 62.9 Å². The van der Waals surface area contributed by atoms with E-state index >= 15 is 0 Å². The number of H-pyrrole nitrogens is 1. The predicted octanol–water partition coefficient (Wildman–Crippen LogP) is -3.11. The van der Waals surface area contributed by atoms with Crippen LogP contribution in [0.15, 0.2) is 35.5 Å². The summed E-state index contributed by atoms with van der Waals surface area (Å²) in [7, 11) is 0. The topological polar surface area (TPSA) is 294 Å². The lowest BCUT2D eigenvalue weighted by Gasteiger charge is -2.25. The first-order valence-electron chi connectivity index (χ1n) is 12.8. The number of nitrogens with two attached hydrogens (primary N) is 4. The van der Waals surface area contributed by atoms with Crippen molar-refractivity contribution in [3.8, 4) is 0 Å². The number of carbonyl (C=O) groups is 5. The molecule has 0 bridgehead atoms. The summed E-state index contributed by atoms with van der Waals surface area (Å²) in [5, 5.41) is 26.8. The van der Waals surface area contributed by atoms with Gasteiger partial charge in [-0.1, -0.05) is 18.2 Å². The van der Waals surface area contributed by atoms with E-state index in [0.29, 0.717) is 12.0 Å². The number of rotatable bonds is 16. The van der Waals surface area contributed by atoms with Gasteiger partial charge in [0, 0.05) is 30.1 Å². The van der Waals surface area contributed by atoms with Crippen molar-refractivity contribution in [3.63, 3.8) is 0 Å². The van der Waals surface area contributed by atoms with Gasteiger partial charge in [0.15, 0.2) is 12.0 Å². The highest BCUT2D eigenvalue weighted by Crippen LogP contribution is 2.19. The van der Waals surface area contributed by atoms with E-state index in [0.717, 1.165) is 17.8 Å². The number of primary amides is 1. The summed E-state index contributed by atoms with van der Waals surface area (Å²) < 4.78 is 0. The minimum absolute atomic E-state index is 0.0291. The molecule has 1 aromatic carbocycles. The molecule has 41 heavy (non-hydrogen) atoms. The van der Waals surface area contributed by atoms with Crippen molar-refractivity contribution in [1.29, 1.82) is 0 Å². The number of aromatic amines is 1. The first kappa shape index (κ1) is 32.5. The van der Waals surface area contributed by atoms with E-state index in [1.165, 1.54) is 0 Å². The minimum Gasteiger partial charge on any atom is -0.480 e. The highest BCUT2D eigenvalue weighted by Gasteiger charge is 2.33. The average Bonchev–Trinajstić information content (AvgIpc) is 3.30. The Hall–Kier alpha value is -4.70. The zero-order chi connectivity index (χ0) is 30.7. The number of aliphatic carboxylic acids is 1. The summed E-state index contributed by atoms with van der Waals surface area (Å²) in [5.74, 6) is -5.19. The normalized spacial score (nSPS) is 14.6. The number of nitrogens with one attached hydrogen (secondary N) is 4. The smallest absolute Gasteiger partial charge is 0.328 e. The Morgan fingerprint density at radius 1 is 0.976 bits per heavy atom. The van der Waals surface area contributed by atoms with Crippen LogP contribution in [0, 0.1) is 0 Å². The summed E-state index contributed by atoms with van der Waals surface area (Å²) in [6.45, 7) is 1.39. The molecule has 0 saturated heterocycles. The number of hydrogen-bond acceptors (Lipinski definition) is 8. The number of aliphatic hydroxyl groups excluding tert-OH is 1. The molecule has 1 heterocycles. The van der Waals surface area contributed by atoms with Crippen LogP contribution in [0.3, 0.4) is 0 Å². The molecular weight excluding hydrogens is 538 g/mol. The Kier molecular flexibility index (Phi) is 12.0. The monoisotopic (exact) mass is 575 g/mol. The van der Waals surface area contributed by atoms with E-state index < -0.39 is 66.3 Å². The molecular formula is C25H37N9O7. The third-order valence-electron chi connectivity index (χ3n) is 6.12. The number of benzene rings is 1. The standard InChI is InChI=1S/C25H37N9O7/c1-12(35)20(24(40)41)34-23(39)18(10-19(27)36)33-22(38)17(9-13-11-31-16-7-3-2-5-14(13)16)32-21(37)15(26)6-4-8-30-25(28)29/h2-3,5,7,11-12,15,17-18,20,31,35H,4,6,8-10,26H2,1H3,(H2,27,36)(H,32,37)(H,33,38)(H,34,39)(H,40,41)(H4,28,29,30). The van der Waals surface area contributed by atoms with Gasteiger partial charge in [0.1, 0.15) is 12.1 Å². The number of amides is 4. The summed E-state index contributed by atoms with van der Waals surface area (Å²) in [6.07, 6.45) is 0.0667. The first-order chi connectivity index (χ1) is 19.3. The van der Waals surface area contributed by atoms with Crippen LogP contribution in [0.1, 0.15) is 31.7 Å². The fourth-order valence-electron chi connectivity index (χ4n) is 3.98. The maximum absolute atomic E-state index is 13.4. The zero-order valence-corrected chi connectivity index (χ0v) is 22.5. The quantitative estimate of drug-likeness (QED) is 0.0545. The average molecular weight is 576 g/mol. The van der Waals surface area contributed by atoms with Gasteiger partial charge < -0.3 is 54.1 Å². The van der Waals surface area contributed by atoms with Gasteiger partial charge in [-0.2, -0.15) is 0 Å². The largest absolute Gasteiger partial charge is 0.480 e. The van der Waals surface area contributed by atoms with Gasteiger partial charge in [-0.3, -0.25) is 24.2 Å². The number of carbonyl (C=O) groups excluding carboxylic acids is 4. The van der Waals surface area contributed by atoms with Crippen molar-refractivity contribution >= 4 is 46.5 Å². The van der Waals surface area contributed by atoms with Crippen molar-refractivity contribution in [2.75, 3.05) is 6.54 Å². The maximum atomic E-state index is 13.4. The Bertz CT molecular complexity index is 1270. The number of aliphatic imine (C=N–C) groups is 1. The van der Waals surface area contributed by atoms with E-state index in [2.05, 4.69) is 25.9 Å². The van der Waals surface area contributed by atoms with E-state index in [9.17, 15) is 34.2 Å². The van der Waals surface area contributed by atoms with E-state index in [-0.39, 0.29) is 25.3 Å². The highest BCUT2D eigenvalue weighted by atomic mass is 16.4. The van der Waals surface area contributed by atoms with Gasteiger partial charge >= 0.3 is 5.97 Å². The SMILES string of the molecule is CC(O)C(NC(=O)C(CC(N)=O)NC(=O)C(Cc1c[nH]c2ccccc12)NC(=O)C(N)CCCN=C(N)N)C(=O)O. The lowest BCUT2D eigenvalue weighted by atomic mass is 10.0. The van der Waals surface area contributed by atoms with Crippen molar-refractivity contribution in [2.24, 2.45) is 27.9 Å². The van der Waals surface area contributed by atoms with Crippen LogP contribution in [0.5, 0.6) is 0 Å². The number of hydrogen-bond donors (Lipinski definition) is 10. The summed E-state index contributed by atoms with van der Waals surface area (Å²) in [6, 6.07) is 1.67. The molecule has 4 amide bonds. The Morgan fingerprint density at radius 2 is 1.61 bits per heavy atom. The van der Waals surface area contributed by atoms with E-state index in [4.69, 9.17) is 22.9 Å².